The lowest BCUT2D eigenvalue weighted by Gasteiger charge is -2.38. The monoisotopic (exact) mass is 353 g/mol. The van der Waals surface area contributed by atoms with E-state index in [2.05, 4.69) is 0 Å². The first-order chi connectivity index (χ1) is 11.5. The molecule has 1 fully saturated rings. The number of fused-ring (bicyclic) bond motifs is 1. The summed E-state index contributed by atoms with van der Waals surface area (Å²) in [6, 6.07) is 3.29. The maximum atomic E-state index is 12.4. The summed E-state index contributed by atoms with van der Waals surface area (Å²) in [6.07, 6.45) is 3.06. The molecular weight excluding hydrogens is 334 g/mol. The summed E-state index contributed by atoms with van der Waals surface area (Å²) in [4.78, 5) is 26.4. The number of hydrogen-bond donors (Lipinski definition) is 0. The van der Waals surface area contributed by atoms with E-state index < -0.39 is 5.97 Å². The van der Waals surface area contributed by atoms with Crippen LogP contribution in [0.4, 0.5) is 0 Å². The fraction of sp³-hybridized carbons (Fsp3) is 0.529. The lowest BCUT2D eigenvalue weighted by Crippen LogP contribution is -2.49. The molecule has 0 aliphatic carbocycles. The summed E-state index contributed by atoms with van der Waals surface area (Å²) in [5, 5.41) is 0.279. The van der Waals surface area contributed by atoms with Gasteiger partial charge in [0.25, 0.3) is 5.91 Å². The van der Waals surface area contributed by atoms with Crippen LogP contribution in [0.25, 0.3) is 0 Å². The third-order valence-corrected chi connectivity index (χ3v) is 4.75. The molecule has 0 radical (unpaired) electrons. The van der Waals surface area contributed by atoms with Gasteiger partial charge in [-0.2, -0.15) is 0 Å². The minimum Gasteiger partial charge on any atom is -0.454 e. The van der Waals surface area contributed by atoms with E-state index in [9.17, 15) is 9.59 Å². The number of hydrogen-bond acceptors (Lipinski definition) is 5. The van der Waals surface area contributed by atoms with Crippen molar-refractivity contribution in [3.63, 3.8) is 0 Å². The molecule has 2 heterocycles. The lowest BCUT2D eigenvalue weighted by molar-refractivity contribution is -0.140. The highest BCUT2D eigenvalue weighted by molar-refractivity contribution is 6.32. The van der Waals surface area contributed by atoms with E-state index in [4.69, 9.17) is 25.8 Å². The van der Waals surface area contributed by atoms with Crippen LogP contribution in [0.2, 0.25) is 5.02 Å². The number of nitrogens with zero attached hydrogens (tertiary/aromatic N) is 1. The van der Waals surface area contributed by atoms with Gasteiger partial charge >= 0.3 is 5.97 Å². The molecule has 2 unspecified atom stereocenters. The zero-order valence-corrected chi connectivity index (χ0v) is 14.5. The molecule has 24 heavy (non-hydrogen) atoms. The summed E-state index contributed by atoms with van der Waals surface area (Å²) >= 11 is 6.05. The van der Waals surface area contributed by atoms with Crippen LogP contribution in [0.5, 0.6) is 11.5 Å². The van der Waals surface area contributed by atoms with Crippen LogP contribution in [0.3, 0.4) is 0 Å². The minimum atomic E-state index is -0.610. The summed E-state index contributed by atoms with van der Waals surface area (Å²) < 4.78 is 15.6. The lowest BCUT2D eigenvalue weighted by atomic mass is 9.97. The number of amides is 1. The molecule has 3 rings (SSSR count). The third kappa shape index (κ3) is 3.29. The van der Waals surface area contributed by atoms with E-state index in [1.807, 2.05) is 18.7 Å². The predicted octanol–water partition coefficient (Wildman–Crippen LogP) is 3.02. The van der Waals surface area contributed by atoms with Gasteiger partial charge in [-0.3, -0.25) is 4.79 Å². The maximum absolute atomic E-state index is 12.4. The topological polar surface area (TPSA) is 65.1 Å². The molecular formula is C17H20ClNO5. The highest BCUT2D eigenvalue weighted by Crippen LogP contribution is 2.39. The van der Waals surface area contributed by atoms with Crippen molar-refractivity contribution < 1.29 is 23.8 Å². The van der Waals surface area contributed by atoms with Gasteiger partial charge in [-0.25, -0.2) is 4.79 Å². The van der Waals surface area contributed by atoms with Crippen LogP contribution in [-0.2, 0) is 9.53 Å². The van der Waals surface area contributed by atoms with Crippen molar-refractivity contribution >= 4 is 23.5 Å². The van der Waals surface area contributed by atoms with Crippen LogP contribution < -0.4 is 9.47 Å². The second-order valence-corrected chi connectivity index (χ2v) is 6.61. The average molecular weight is 354 g/mol. The smallest absolute Gasteiger partial charge is 0.338 e. The van der Waals surface area contributed by atoms with Crippen LogP contribution in [0, 0.1) is 0 Å². The Kier molecular flexibility index (Phi) is 4.85. The SMILES string of the molecule is CC1CCCC(C)N1C(=O)COC(=O)c1cc(Cl)c2c(c1)OCO2. The fourth-order valence-corrected chi connectivity index (χ4v) is 3.55. The Bertz CT molecular complexity index is 653. The summed E-state index contributed by atoms with van der Waals surface area (Å²) in [7, 11) is 0. The molecule has 7 heteroatoms. The van der Waals surface area contributed by atoms with Gasteiger partial charge in [0, 0.05) is 12.1 Å². The Balaban J connectivity index is 1.63. The first kappa shape index (κ1) is 16.9. The number of likely N-dealkylation sites (tertiary alicyclic amines) is 1. The quantitative estimate of drug-likeness (QED) is 0.781. The van der Waals surface area contributed by atoms with Crippen LogP contribution >= 0.6 is 11.6 Å². The van der Waals surface area contributed by atoms with Crippen LogP contribution in [0.15, 0.2) is 12.1 Å². The number of benzene rings is 1. The Morgan fingerprint density at radius 2 is 1.96 bits per heavy atom. The molecule has 1 aromatic carbocycles. The maximum Gasteiger partial charge on any atom is 0.338 e. The van der Waals surface area contributed by atoms with Crippen molar-refractivity contribution in [2.24, 2.45) is 0 Å². The highest BCUT2D eigenvalue weighted by atomic mass is 35.5. The summed E-state index contributed by atoms with van der Waals surface area (Å²) in [6.45, 7) is 3.83. The first-order valence-corrected chi connectivity index (χ1v) is 8.42. The molecule has 2 aliphatic rings. The number of ether oxygens (including phenoxy) is 3. The molecule has 6 nitrogen and oxygen atoms in total. The Labute approximate surface area is 145 Å². The number of carbonyl (C=O) groups is 2. The molecule has 2 atom stereocenters. The molecule has 130 valence electrons. The summed E-state index contributed by atoms with van der Waals surface area (Å²) in [5.41, 5.74) is 0.233. The average Bonchev–Trinajstić information content (AvgIpc) is 3.01. The van der Waals surface area contributed by atoms with E-state index in [-0.39, 0.29) is 42.0 Å². The molecule has 1 saturated heterocycles. The van der Waals surface area contributed by atoms with Gasteiger partial charge < -0.3 is 19.1 Å². The number of carbonyl (C=O) groups excluding carboxylic acids is 2. The minimum absolute atomic E-state index is 0.0662. The van der Waals surface area contributed by atoms with E-state index in [0.717, 1.165) is 19.3 Å². The number of rotatable bonds is 3. The number of halogens is 1. The highest BCUT2D eigenvalue weighted by Gasteiger charge is 2.29. The molecule has 0 bridgehead atoms. The largest absolute Gasteiger partial charge is 0.454 e. The normalized spacial score (nSPS) is 22.4. The van der Waals surface area contributed by atoms with Crippen molar-refractivity contribution in [2.45, 2.75) is 45.2 Å². The molecule has 2 aliphatic heterocycles. The van der Waals surface area contributed by atoms with Crippen molar-refractivity contribution in [3.8, 4) is 11.5 Å². The molecule has 1 aromatic rings. The number of esters is 1. The predicted molar refractivity (Wildman–Crippen MR) is 87.5 cm³/mol. The van der Waals surface area contributed by atoms with Crippen LogP contribution in [-0.4, -0.2) is 42.3 Å². The van der Waals surface area contributed by atoms with Gasteiger partial charge in [-0.05, 0) is 45.2 Å². The number of piperidine rings is 1. The molecule has 0 spiro atoms. The van der Waals surface area contributed by atoms with Crippen molar-refractivity contribution in [1.82, 2.24) is 4.90 Å². The van der Waals surface area contributed by atoms with E-state index in [1.165, 1.54) is 12.1 Å². The fourth-order valence-electron chi connectivity index (χ4n) is 3.28. The van der Waals surface area contributed by atoms with Gasteiger partial charge in [-0.15, -0.1) is 0 Å². The van der Waals surface area contributed by atoms with E-state index in [0.29, 0.717) is 11.5 Å². The molecule has 1 amide bonds. The first-order valence-electron chi connectivity index (χ1n) is 8.05. The summed E-state index contributed by atoms with van der Waals surface area (Å²) in [5.74, 6) is 0.0371. The van der Waals surface area contributed by atoms with Gasteiger partial charge in [0.2, 0.25) is 6.79 Å². The van der Waals surface area contributed by atoms with Crippen molar-refractivity contribution in [1.29, 1.82) is 0 Å². The van der Waals surface area contributed by atoms with E-state index >= 15 is 0 Å². The molecule has 0 aromatic heterocycles. The van der Waals surface area contributed by atoms with Gasteiger partial charge in [-0.1, -0.05) is 11.6 Å². The standard InChI is InChI=1S/C17H20ClNO5/c1-10-4-3-5-11(2)19(10)15(20)8-22-17(21)12-6-13(18)16-14(7-12)23-9-24-16/h6-7,10-11H,3-5,8-9H2,1-2H3. The van der Waals surface area contributed by atoms with Gasteiger partial charge in [0.05, 0.1) is 10.6 Å². The zero-order chi connectivity index (χ0) is 17.3. The second kappa shape index (κ2) is 6.89. The Morgan fingerprint density at radius 3 is 2.67 bits per heavy atom. The van der Waals surface area contributed by atoms with Crippen LogP contribution in [0.1, 0.15) is 43.5 Å². The van der Waals surface area contributed by atoms with E-state index in [1.54, 1.807) is 0 Å². The van der Waals surface area contributed by atoms with Crippen molar-refractivity contribution in [2.75, 3.05) is 13.4 Å². The molecule has 0 N–H and O–H groups in total. The Hall–Kier alpha value is -1.95. The third-order valence-electron chi connectivity index (χ3n) is 4.47. The Morgan fingerprint density at radius 1 is 1.25 bits per heavy atom. The van der Waals surface area contributed by atoms with Gasteiger partial charge in [0.15, 0.2) is 18.1 Å². The second-order valence-electron chi connectivity index (χ2n) is 6.20. The van der Waals surface area contributed by atoms with Crippen molar-refractivity contribution in [3.05, 3.63) is 22.7 Å². The molecule has 0 saturated carbocycles. The van der Waals surface area contributed by atoms with Gasteiger partial charge in [0.1, 0.15) is 0 Å². The zero-order valence-electron chi connectivity index (χ0n) is 13.7.